The zero-order valence-corrected chi connectivity index (χ0v) is 18.7. The van der Waals surface area contributed by atoms with Gasteiger partial charge in [0, 0.05) is 23.5 Å². The number of carbonyl (C=O) groups excluding carboxylic acids is 2. The van der Waals surface area contributed by atoms with Crippen LogP contribution in [0.25, 0.3) is 10.9 Å². The van der Waals surface area contributed by atoms with Gasteiger partial charge in [0.2, 0.25) is 5.91 Å². The molecule has 0 fully saturated rings. The first kappa shape index (κ1) is 21.9. The molecule has 1 aliphatic rings. The molecule has 8 nitrogen and oxygen atoms in total. The summed E-state index contributed by atoms with van der Waals surface area (Å²) in [6.45, 7) is 0.376. The van der Waals surface area contributed by atoms with E-state index in [1.807, 2.05) is 60.8 Å². The smallest absolute Gasteiger partial charge is 0.408 e. The summed E-state index contributed by atoms with van der Waals surface area (Å²) in [6.07, 6.45) is 2.99. The van der Waals surface area contributed by atoms with Gasteiger partial charge in [0.25, 0.3) is 0 Å². The number of para-hydroxylation sites is 1. The second-order valence-electron chi connectivity index (χ2n) is 7.34. The van der Waals surface area contributed by atoms with Gasteiger partial charge in [-0.3, -0.25) is 15.1 Å². The number of amides is 2. The van der Waals surface area contributed by atoms with Gasteiger partial charge < -0.3 is 20.4 Å². The number of ether oxygens (including phenoxy) is 1. The predicted octanol–water partition coefficient (Wildman–Crippen LogP) is 3.26. The molecule has 0 radical (unpaired) electrons. The lowest BCUT2D eigenvalue weighted by Gasteiger charge is -2.19. The first-order valence-corrected chi connectivity index (χ1v) is 11.0. The summed E-state index contributed by atoms with van der Waals surface area (Å²) >= 11 is 3.28. The number of nitrogens with one attached hydrogen (secondary N) is 4. The molecular formula is C23H23BrN4O4. The number of aromatic amines is 1. The summed E-state index contributed by atoms with van der Waals surface area (Å²) in [4.78, 5) is 33.9. The molecule has 0 saturated heterocycles. The fourth-order valence-electron chi connectivity index (χ4n) is 3.42. The van der Waals surface area contributed by atoms with Gasteiger partial charge in [0.1, 0.15) is 23.4 Å². The number of H-pyrrole nitrogens is 1. The number of carbonyl (C=O) groups is 2. The Bertz CT molecular complexity index is 1120. The van der Waals surface area contributed by atoms with Crippen molar-refractivity contribution in [2.24, 2.45) is 0 Å². The van der Waals surface area contributed by atoms with Crippen LogP contribution in [0.5, 0.6) is 0 Å². The summed E-state index contributed by atoms with van der Waals surface area (Å²) in [5.41, 5.74) is 5.43. The number of hydrogen-bond acceptors (Lipinski definition) is 5. The maximum atomic E-state index is 13.0. The van der Waals surface area contributed by atoms with Crippen LogP contribution in [0.15, 0.2) is 71.5 Å². The molecule has 1 aromatic heterocycles. The average molecular weight is 499 g/mol. The molecule has 2 heterocycles. The molecule has 9 heteroatoms. The van der Waals surface area contributed by atoms with Crippen LogP contribution in [-0.2, 0) is 27.4 Å². The third-order valence-electron chi connectivity index (χ3n) is 5.04. The van der Waals surface area contributed by atoms with Crippen LogP contribution in [0, 0.1) is 0 Å². The van der Waals surface area contributed by atoms with E-state index in [-0.39, 0.29) is 25.2 Å². The van der Waals surface area contributed by atoms with Crippen LogP contribution in [0.3, 0.4) is 0 Å². The van der Waals surface area contributed by atoms with Crippen LogP contribution >= 0.6 is 15.9 Å². The summed E-state index contributed by atoms with van der Waals surface area (Å²) in [7, 11) is 0. The normalized spacial score (nSPS) is 16.2. The maximum Gasteiger partial charge on any atom is 0.408 e. The number of halogens is 1. The maximum absolute atomic E-state index is 13.0. The molecule has 4 rings (SSSR count). The highest BCUT2D eigenvalue weighted by molar-refractivity contribution is 9.11. The Labute approximate surface area is 193 Å². The number of benzene rings is 2. The minimum absolute atomic E-state index is 0.120. The number of hydrogen-bond donors (Lipinski definition) is 4. The molecule has 0 bridgehead atoms. The highest BCUT2D eigenvalue weighted by atomic mass is 79.9. The van der Waals surface area contributed by atoms with Gasteiger partial charge in [-0.25, -0.2) is 4.79 Å². The third kappa shape index (κ3) is 5.68. The van der Waals surface area contributed by atoms with Crippen molar-refractivity contribution in [3.05, 3.63) is 82.6 Å². The molecule has 1 aliphatic heterocycles. The van der Waals surface area contributed by atoms with Crippen molar-refractivity contribution >= 4 is 38.8 Å². The van der Waals surface area contributed by atoms with Crippen molar-refractivity contribution in [3.63, 3.8) is 0 Å². The third-order valence-corrected chi connectivity index (χ3v) is 5.46. The van der Waals surface area contributed by atoms with Crippen LogP contribution in [0.4, 0.5) is 4.79 Å². The molecule has 0 saturated carbocycles. The van der Waals surface area contributed by atoms with E-state index in [0.717, 1.165) is 22.0 Å². The molecule has 4 N–H and O–H groups in total. The molecule has 0 spiro atoms. The Morgan fingerprint density at radius 3 is 2.69 bits per heavy atom. The van der Waals surface area contributed by atoms with Crippen LogP contribution in [0.2, 0.25) is 0 Å². The van der Waals surface area contributed by atoms with E-state index in [0.29, 0.717) is 11.0 Å². The quantitative estimate of drug-likeness (QED) is 0.357. The molecule has 32 heavy (non-hydrogen) atoms. The SMILES string of the molecule is O=C(N[C@@H](Cc1c[nH]c2ccccc12)C(=O)NCC1C=C(Br)NO1)OCc1ccccc1. The van der Waals surface area contributed by atoms with E-state index in [9.17, 15) is 9.59 Å². The molecule has 2 amide bonds. The predicted molar refractivity (Wildman–Crippen MR) is 124 cm³/mol. The van der Waals surface area contributed by atoms with Crippen LogP contribution < -0.4 is 16.1 Å². The molecule has 0 aliphatic carbocycles. The topological polar surface area (TPSA) is 104 Å². The van der Waals surface area contributed by atoms with Gasteiger partial charge >= 0.3 is 6.09 Å². The van der Waals surface area contributed by atoms with Crippen LogP contribution in [0.1, 0.15) is 11.1 Å². The fraction of sp³-hybridized carbons (Fsp3) is 0.217. The molecule has 166 valence electrons. The Kier molecular flexibility index (Phi) is 7.08. The van der Waals surface area contributed by atoms with E-state index < -0.39 is 12.1 Å². The number of alkyl carbamates (subject to hydrolysis) is 1. The Hall–Kier alpha value is -3.30. The Morgan fingerprint density at radius 2 is 1.91 bits per heavy atom. The van der Waals surface area contributed by atoms with Crippen molar-refractivity contribution in [2.45, 2.75) is 25.2 Å². The fourth-order valence-corrected chi connectivity index (χ4v) is 3.81. The number of rotatable bonds is 8. The van der Waals surface area contributed by atoms with Crippen LogP contribution in [-0.4, -0.2) is 35.7 Å². The lowest BCUT2D eigenvalue weighted by atomic mass is 10.0. The van der Waals surface area contributed by atoms with E-state index in [2.05, 4.69) is 37.0 Å². The van der Waals surface area contributed by atoms with Crippen molar-refractivity contribution < 1.29 is 19.2 Å². The molecular weight excluding hydrogens is 476 g/mol. The molecule has 1 unspecified atom stereocenters. The van der Waals surface area contributed by atoms with Gasteiger partial charge in [0.05, 0.1) is 6.54 Å². The van der Waals surface area contributed by atoms with E-state index in [1.165, 1.54) is 0 Å². The van der Waals surface area contributed by atoms with E-state index in [4.69, 9.17) is 9.57 Å². The largest absolute Gasteiger partial charge is 0.445 e. The summed E-state index contributed by atoms with van der Waals surface area (Å²) < 4.78 is 6.02. The zero-order chi connectivity index (χ0) is 22.3. The average Bonchev–Trinajstić information content (AvgIpc) is 3.42. The lowest BCUT2D eigenvalue weighted by Crippen LogP contribution is -2.49. The standard InChI is InChI=1S/C23H23BrN4O4/c24-21-11-17(32-28-21)13-26-22(29)20(10-16-12-25-19-9-5-4-8-18(16)19)27-23(30)31-14-15-6-2-1-3-7-15/h1-9,11-12,17,20,25,28H,10,13-14H2,(H,26,29)(H,27,30)/t17?,20-/m0/s1. The highest BCUT2D eigenvalue weighted by Crippen LogP contribution is 2.19. The highest BCUT2D eigenvalue weighted by Gasteiger charge is 2.25. The zero-order valence-electron chi connectivity index (χ0n) is 17.1. The van der Waals surface area contributed by atoms with Gasteiger partial charge in [-0.05, 0) is 39.2 Å². The summed E-state index contributed by atoms with van der Waals surface area (Å²) in [6, 6.07) is 16.4. The van der Waals surface area contributed by atoms with E-state index in [1.54, 1.807) is 6.08 Å². The second kappa shape index (κ2) is 10.3. The van der Waals surface area contributed by atoms with Crippen molar-refractivity contribution in [3.8, 4) is 0 Å². The lowest BCUT2D eigenvalue weighted by molar-refractivity contribution is -0.123. The molecule has 3 aromatic rings. The van der Waals surface area contributed by atoms with Crippen molar-refractivity contribution in [2.75, 3.05) is 6.54 Å². The Balaban J connectivity index is 1.42. The van der Waals surface area contributed by atoms with Crippen molar-refractivity contribution in [1.82, 2.24) is 21.1 Å². The van der Waals surface area contributed by atoms with Gasteiger partial charge in [-0.1, -0.05) is 48.5 Å². The van der Waals surface area contributed by atoms with Gasteiger partial charge in [0.15, 0.2) is 0 Å². The minimum atomic E-state index is -0.820. The number of aromatic nitrogens is 1. The molecule has 2 atom stereocenters. The second-order valence-corrected chi connectivity index (χ2v) is 8.19. The summed E-state index contributed by atoms with van der Waals surface area (Å²) in [5, 5.41) is 6.54. The minimum Gasteiger partial charge on any atom is -0.445 e. The van der Waals surface area contributed by atoms with Gasteiger partial charge in [-0.15, -0.1) is 0 Å². The summed E-state index contributed by atoms with van der Waals surface area (Å²) in [5.74, 6) is -0.327. The number of fused-ring (bicyclic) bond motifs is 1. The first-order chi connectivity index (χ1) is 15.6. The van der Waals surface area contributed by atoms with Gasteiger partial charge in [-0.2, -0.15) is 0 Å². The van der Waals surface area contributed by atoms with E-state index >= 15 is 0 Å². The van der Waals surface area contributed by atoms with Crippen molar-refractivity contribution in [1.29, 1.82) is 0 Å². The molecule has 2 aromatic carbocycles. The number of hydroxylamine groups is 1. The Morgan fingerprint density at radius 1 is 1.12 bits per heavy atom. The first-order valence-electron chi connectivity index (χ1n) is 10.2. The monoisotopic (exact) mass is 498 g/mol.